The number of ether oxygens (including phenoxy) is 2. The van der Waals surface area contributed by atoms with Crippen molar-refractivity contribution in [2.45, 2.75) is 52.5 Å². The molecule has 4 heteroatoms. The quantitative estimate of drug-likeness (QED) is 0.310. The van der Waals surface area contributed by atoms with Crippen molar-refractivity contribution in [1.82, 2.24) is 9.88 Å². The Bertz CT molecular complexity index is 1410. The van der Waals surface area contributed by atoms with Gasteiger partial charge in [-0.15, -0.1) is 0 Å². The lowest BCUT2D eigenvalue weighted by Gasteiger charge is -2.35. The number of hydrogen-bond acceptors (Lipinski definition) is 4. The van der Waals surface area contributed by atoms with Crippen LogP contribution in [0, 0.1) is 13.8 Å². The van der Waals surface area contributed by atoms with E-state index in [-0.39, 0.29) is 6.10 Å². The van der Waals surface area contributed by atoms with Crippen LogP contribution in [-0.2, 0) is 37.3 Å². The molecule has 4 aromatic rings. The van der Waals surface area contributed by atoms with Crippen LogP contribution >= 0.6 is 0 Å². The highest BCUT2D eigenvalue weighted by Gasteiger charge is 2.31. The van der Waals surface area contributed by atoms with Gasteiger partial charge in [-0.3, -0.25) is 9.88 Å². The zero-order chi connectivity index (χ0) is 25.4. The molecule has 3 heterocycles. The van der Waals surface area contributed by atoms with Crippen molar-refractivity contribution in [3.05, 3.63) is 117 Å². The largest absolute Gasteiger partial charge is 0.497 e. The van der Waals surface area contributed by atoms with Crippen LogP contribution in [0.15, 0.2) is 72.8 Å². The molecule has 0 fully saturated rings. The maximum absolute atomic E-state index is 6.51. The number of aromatic nitrogens is 1. The van der Waals surface area contributed by atoms with Gasteiger partial charge in [0, 0.05) is 43.7 Å². The zero-order valence-corrected chi connectivity index (χ0v) is 22.0. The van der Waals surface area contributed by atoms with Gasteiger partial charge in [-0.25, -0.2) is 0 Å². The average Bonchev–Trinajstić information content (AvgIpc) is 2.94. The van der Waals surface area contributed by atoms with Gasteiger partial charge in [0.15, 0.2) is 0 Å². The normalized spacial score (nSPS) is 17.2. The standard InChI is InChI=1S/C33H34N2O2/c1-22-9-11-24(12-10-22)19-35-16-15-31-29(20-35)30-21-37-32(25-7-5-4-6-8-25)18-28(30)33(34-31)27-14-13-26(36-3)17-23(27)2/h4-14,17,32H,15-16,18-21H2,1-3H3/t32-/m1/s1. The third kappa shape index (κ3) is 4.79. The Morgan fingerprint density at radius 3 is 2.51 bits per heavy atom. The Labute approximate surface area is 219 Å². The molecular weight excluding hydrogens is 456 g/mol. The summed E-state index contributed by atoms with van der Waals surface area (Å²) in [6, 6.07) is 25.8. The molecule has 0 saturated carbocycles. The third-order valence-electron chi connectivity index (χ3n) is 7.86. The van der Waals surface area contributed by atoms with Crippen LogP contribution in [0.5, 0.6) is 5.75 Å². The lowest BCUT2D eigenvalue weighted by Crippen LogP contribution is -2.33. The Morgan fingerprint density at radius 2 is 1.76 bits per heavy atom. The fourth-order valence-electron chi connectivity index (χ4n) is 5.77. The SMILES string of the molecule is COc1ccc(-c2nc3c(c4c2C[C@H](c2ccccc2)OC4)CN(Cc2ccc(C)cc2)CC3)c(C)c1. The van der Waals surface area contributed by atoms with Crippen LogP contribution in [0.1, 0.15) is 50.7 Å². The van der Waals surface area contributed by atoms with Crippen LogP contribution in [0.4, 0.5) is 0 Å². The van der Waals surface area contributed by atoms with Gasteiger partial charge in [-0.05, 0) is 65.4 Å². The van der Waals surface area contributed by atoms with E-state index >= 15 is 0 Å². The summed E-state index contributed by atoms with van der Waals surface area (Å²) in [4.78, 5) is 7.92. The van der Waals surface area contributed by atoms with Crippen molar-refractivity contribution >= 4 is 0 Å². The number of nitrogens with zero attached hydrogens (tertiary/aromatic N) is 2. The topological polar surface area (TPSA) is 34.6 Å². The highest BCUT2D eigenvalue weighted by molar-refractivity contribution is 5.71. The lowest BCUT2D eigenvalue weighted by molar-refractivity contribution is 0.0261. The highest BCUT2D eigenvalue weighted by Crippen LogP contribution is 2.40. The molecule has 0 aliphatic carbocycles. The Kier molecular flexibility index (Phi) is 6.54. The highest BCUT2D eigenvalue weighted by atomic mass is 16.5. The van der Waals surface area contributed by atoms with Gasteiger partial charge in [0.25, 0.3) is 0 Å². The molecule has 4 nitrogen and oxygen atoms in total. The molecule has 0 radical (unpaired) electrons. The van der Waals surface area contributed by atoms with Crippen LogP contribution in [0.2, 0.25) is 0 Å². The monoisotopic (exact) mass is 490 g/mol. The van der Waals surface area contributed by atoms with E-state index in [1.807, 2.05) is 6.07 Å². The summed E-state index contributed by atoms with van der Waals surface area (Å²) in [5, 5.41) is 0. The predicted octanol–water partition coefficient (Wildman–Crippen LogP) is 6.75. The van der Waals surface area contributed by atoms with E-state index in [9.17, 15) is 0 Å². The molecule has 37 heavy (non-hydrogen) atoms. The van der Waals surface area contributed by atoms with E-state index < -0.39 is 0 Å². The van der Waals surface area contributed by atoms with Crippen LogP contribution in [-0.4, -0.2) is 23.5 Å². The second-order valence-electron chi connectivity index (χ2n) is 10.4. The van der Waals surface area contributed by atoms with Crippen molar-refractivity contribution in [2.75, 3.05) is 13.7 Å². The number of hydrogen-bond donors (Lipinski definition) is 0. The maximum Gasteiger partial charge on any atom is 0.119 e. The van der Waals surface area contributed by atoms with E-state index in [1.54, 1.807) is 7.11 Å². The molecule has 0 N–H and O–H groups in total. The molecule has 0 amide bonds. The maximum atomic E-state index is 6.51. The lowest BCUT2D eigenvalue weighted by atomic mass is 9.86. The molecule has 0 bridgehead atoms. The van der Waals surface area contributed by atoms with Crippen LogP contribution < -0.4 is 4.74 Å². The van der Waals surface area contributed by atoms with Crippen molar-refractivity contribution < 1.29 is 9.47 Å². The van der Waals surface area contributed by atoms with E-state index in [2.05, 4.69) is 85.5 Å². The summed E-state index contributed by atoms with van der Waals surface area (Å²) in [6.45, 7) is 7.81. The summed E-state index contributed by atoms with van der Waals surface area (Å²) in [5.74, 6) is 0.880. The van der Waals surface area contributed by atoms with Gasteiger partial charge in [0.2, 0.25) is 0 Å². The molecule has 2 aliphatic heterocycles. The van der Waals surface area contributed by atoms with E-state index in [0.717, 1.165) is 43.9 Å². The van der Waals surface area contributed by atoms with Gasteiger partial charge in [-0.1, -0.05) is 60.2 Å². The minimum atomic E-state index is 0.0399. The van der Waals surface area contributed by atoms with Gasteiger partial charge in [0.1, 0.15) is 5.75 Å². The first kappa shape index (κ1) is 23.9. The first-order chi connectivity index (χ1) is 18.1. The predicted molar refractivity (Wildman–Crippen MR) is 148 cm³/mol. The summed E-state index contributed by atoms with van der Waals surface area (Å²) < 4.78 is 12.0. The Morgan fingerprint density at radius 1 is 0.946 bits per heavy atom. The second kappa shape index (κ2) is 10.1. The number of pyridine rings is 1. The number of benzene rings is 3. The Hall–Kier alpha value is -3.47. The molecule has 188 valence electrons. The first-order valence-electron chi connectivity index (χ1n) is 13.2. The number of methoxy groups -OCH3 is 1. The molecule has 2 aliphatic rings. The average molecular weight is 491 g/mol. The van der Waals surface area contributed by atoms with E-state index in [1.165, 1.54) is 50.2 Å². The van der Waals surface area contributed by atoms with Gasteiger partial charge < -0.3 is 9.47 Å². The van der Waals surface area contributed by atoms with Crippen molar-refractivity contribution in [3.63, 3.8) is 0 Å². The molecule has 1 atom stereocenters. The Balaban J connectivity index is 1.40. The van der Waals surface area contributed by atoms with Gasteiger partial charge >= 0.3 is 0 Å². The summed E-state index contributed by atoms with van der Waals surface area (Å²) in [6.07, 6.45) is 1.83. The summed E-state index contributed by atoms with van der Waals surface area (Å²) in [5.41, 5.74) is 12.7. The zero-order valence-electron chi connectivity index (χ0n) is 22.0. The van der Waals surface area contributed by atoms with E-state index in [4.69, 9.17) is 14.5 Å². The molecule has 6 rings (SSSR count). The third-order valence-corrected chi connectivity index (χ3v) is 7.86. The van der Waals surface area contributed by atoms with Crippen LogP contribution in [0.3, 0.4) is 0 Å². The number of fused-ring (bicyclic) bond motifs is 3. The van der Waals surface area contributed by atoms with Gasteiger partial charge in [-0.2, -0.15) is 0 Å². The minimum absolute atomic E-state index is 0.0399. The number of aryl methyl sites for hydroxylation is 2. The van der Waals surface area contributed by atoms with Gasteiger partial charge in [0.05, 0.1) is 25.5 Å². The second-order valence-corrected chi connectivity index (χ2v) is 10.4. The molecule has 3 aromatic carbocycles. The fraction of sp³-hybridized carbons (Fsp3) is 0.303. The molecule has 0 saturated heterocycles. The summed E-state index contributed by atoms with van der Waals surface area (Å²) >= 11 is 0. The molecule has 0 unspecified atom stereocenters. The fourth-order valence-corrected chi connectivity index (χ4v) is 5.77. The van der Waals surface area contributed by atoms with Crippen LogP contribution in [0.25, 0.3) is 11.3 Å². The smallest absolute Gasteiger partial charge is 0.119 e. The van der Waals surface area contributed by atoms with Crippen molar-refractivity contribution in [1.29, 1.82) is 0 Å². The molecule has 1 aromatic heterocycles. The first-order valence-corrected chi connectivity index (χ1v) is 13.2. The van der Waals surface area contributed by atoms with Crippen molar-refractivity contribution in [3.8, 4) is 17.0 Å². The molecule has 0 spiro atoms. The molecular formula is C33H34N2O2. The minimum Gasteiger partial charge on any atom is -0.497 e. The number of rotatable bonds is 5. The van der Waals surface area contributed by atoms with E-state index in [0.29, 0.717) is 6.61 Å². The summed E-state index contributed by atoms with van der Waals surface area (Å²) in [7, 11) is 1.72. The van der Waals surface area contributed by atoms with Crippen molar-refractivity contribution in [2.24, 2.45) is 0 Å².